The maximum atomic E-state index is 2.77. The van der Waals surface area contributed by atoms with Gasteiger partial charge >= 0.3 is 0 Å². The van der Waals surface area contributed by atoms with Crippen LogP contribution in [-0.2, 0) is 21.7 Å². The Balaban J connectivity index is 1.31. The number of benzene rings is 5. The molecule has 0 fully saturated rings. The average Bonchev–Trinajstić information content (AvgIpc) is 3.57. The summed E-state index contributed by atoms with van der Waals surface area (Å²) in [7, 11) is 0. The summed E-state index contributed by atoms with van der Waals surface area (Å²) in [6, 6.07) is 42.4. The highest BCUT2D eigenvalue weighted by Crippen LogP contribution is 2.53. The van der Waals surface area contributed by atoms with E-state index in [1.54, 1.807) is 0 Å². The van der Waals surface area contributed by atoms with Gasteiger partial charge in [-0.05, 0) is 122 Å². The molecule has 5 aromatic carbocycles. The first-order valence-electron chi connectivity index (χ1n) is 21.5. The second kappa shape index (κ2) is 12.9. The molecule has 58 heavy (non-hydrogen) atoms. The minimum atomic E-state index is 0.0110. The van der Waals surface area contributed by atoms with Crippen LogP contribution in [-0.4, -0.2) is 12.8 Å². The van der Waals surface area contributed by atoms with Crippen molar-refractivity contribution in [2.24, 2.45) is 0 Å². The number of fused-ring (bicyclic) bond motifs is 7. The molecule has 0 saturated carbocycles. The van der Waals surface area contributed by atoms with Crippen LogP contribution in [0, 0.1) is 0 Å². The van der Waals surface area contributed by atoms with Gasteiger partial charge in [0.25, 0.3) is 6.71 Å². The Kier molecular flexibility index (Phi) is 8.30. The van der Waals surface area contributed by atoms with Crippen molar-refractivity contribution in [2.45, 2.75) is 116 Å². The van der Waals surface area contributed by atoms with Crippen molar-refractivity contribution in [1.82, 2.24) is 0 Å². The van der Waals surface area contributed by atoms with Crippen LogP contribution in [0.3, 0.4) is 0 Å². The number of hydrogen-bond acceptors (Lipinski definition) is 3. The molecule has 1 aromatic heterocycles. The molecule has 292 valence electrons. The molecule has 0 radical (unpaired) electrons. The van der Waals surface area contributed by atoms with Gasteiger partial charge in [0, 0.05) is 37.5 Å². The number of anilines is 4. The summed E-state index contributed by atoms with van der Waals surface area (Å²) >= 11 is 2.06. The number of thiophene rings is 1. The van der Waals surface area contributed by atoms with Crippen LogP contribution in [0.5, 0.6) is 0 Å². The second-order valence-corrected chi connectivity index (χ2v) is 21.9. The lowest BCUT2D eigenvalue weighted by atomic mass is 9.34. The zero-order valence-corrected chi connectivity index (χ0v) is 36.9. The Morgan fingerprint density at radius 3 is 2.00 bits per heavy atom. The summed E-state index contributed by atoms with van der Waals surface area (Å²) in [6.07, 6.45) is 8.28. The average molecular weight is 777 g/mol. The van der Waals surface area contributed by atoms with Gasteiger partial charge in [0.2, 0.25) is 0 Å². The highest BCUT2D eigenvalue weighted by molar-refractivity contribution is 7.32. The Morgan fingerprint density at radius 1 is 0.672 bits per heavy atom. The molecule has 1 atom stereocenters. The van der Waals surface area contributed by atoms with Crippen LogP contribution in [0.15, 0.2) is 133 Å². The molecule has 0 saturated heterocycles. The molecule has 2 aliphatic heterocycles. The molecule has 0 spiro atoms. The predicted molar refractivity (Wildman–Crippen MR) is 253 cm³/mol. The summed E-state index contributed by atoms with van der Waals surface area (Å²) in [5.74, 6) is 0. The summed E-state index contributed by atoms with van der Waals surface area (Å²) in [6.45, 7) is 24.1. The normalized spacial score (nSPS) is 19.2. The topological polar surface area (TPSA) is 6.48 Å². The lowest BCUT2D eigenvalue weighted by molar-refractivity contribution is 0.332. The Hall–Kier alpha value is -4.80. The van der Waals surface area contributed by atoms with Crippen molar-refractivity contribution in [3.05, 3.63) is 155 Å². The van der Waals surface area contributed by atoms with Gasteiger partial charge in [-0.15, -0.1) is 11.3 Å². The number of hydrogen-bond donors (Lipinski definition) is 0. The molecule has 2 nitrogen and oxygen atoms in total. The first-order valence-corrected chi connectivity index (χ1v) is 22.4. The number of rotatable bonds is 3. The molecule has 3 heterocycles. The summed E-state index contributed by atoms with van der Waals surface area (Å²) in [4.78, 5) is 5.38. The van der Waals surface area contributed by atoms with Crippen LogP contribution in [0.25, 0.3) is 21.2 Å². The fraction of sp³-hybridized carbons (Fsp3) is 0.333. The van der Waals surface area contributed by atoms with Gasteiger partial charge in [0.05, 0.1) is 17.4 Å². The third-order valence-corrected chi connectivity index (χ3v) is 15.2. The van der Waals surface area contributed by atoms with Crippen LogP contribution < -0.4 is 20.0 Å². The molecule has 10 rings (SSSR count). The lowest BCUT2D eigenvalue weighted by Gasteiger charge is -2.49. The van der Waals surface area contributed by atoms with Gasteiger partial charge in [-0.3, -0.25) is 0 Å². The van der Waals surface area contributed by atoms with Gasteiger partial charge in [-0.2, -0.15) is 0 Å². The lowest BCUT2D eigenvalue weighted by Crippen LogP contribution is -2.60. The summed E-state index contributed by atoms with van der Waals surface area (Å²) in [5, 5.41) is 1.42. The van der Waals surface area contributed by atoms with E-state index in [2.05, 4.69) is 212 Å². The van der Waals surface area contributed by atoms with Crippen molar-refractivity contribution in [2.75, 3.05) is 9.80 Å². The van der Waals surface area contributed by atoms with E-state index in [-0.39, 0.29) is 34.4 Å². The quantitative estimate of drug-likeness (QED) is 0.165. The van der Waals surface area contributed by atoms with Crippen molar-refractivity contribution >= 4 is 61.1 Å². The van der Waals surface area contributed by atoms with E-state index in [9.17, 15) is 0 Å². The monoisotopic (exact) mass is 776 g/mol. The first kappa shape index (κ1) is 37.5. The van der Waals surface area contributed by atoms with Gasteiger partial charge < -0.3 is 9.80 Å². The molecule has 4 aliphatic rings. The van der Waals surface area contributed by atoms with E-state index < -0.39 is 0 Å². The third kappa shape index (κ3) is 5.72. The number of para-hydroxylation sites is 1. The predicted octanol–water partition coefficient (Wildman–Crippen LogP) is 13.5. The van der Waals surface area contributed by atoms with E-state index >= 15 is 0 Å². The highest BCUT2D eigenvalue weighted by Gasteiger charge is 2.50. The van der Waals surface area contributed by atoms with Crippen molar-refractivity contribution < 1.29 is 0 Å². The molecular weight excluding hydrogens is 719 g/mol. The van der Waals surface area contributed by atoms with Crippen LogP contribution in [0.2, 0.25) is 0 Å². The standard InChI is InChI=1S/C54H57BN2S/c1-51(2,3)35-23-26-37(27-24-35)56-45-21-16-22-46-48(45)55(50-49(56)39-32-40-41(33-47(39)58-50)54(9,10)30-29-53(40,7)8)42-31-36(52(4,5)6)25-28-44(42)57(46)43-20-15-14-19-38(43)34-17-12-11-13-18-34/h11-20,22-28,31-33,45H,21,29-30H2,1-10H3. The molecule has 1 unspecified atom stereocenters. The molecule has 2 aliphatic carbocycles. The van der Waals surface area contributed by atoms with Crippen LogP contribution in [0.1, 0.15) is 111 Å². The SMILES string of the molecule is CC(C)(C)c1ccc(N2c3c(sc4cc5c(cc34)C(C)(C)CCC5(C)C)B3C4=C(C=CCC42)N(c2ccccc2-c2ccccc2)c2ccc(C(C)(C)C)cc23)cc1. The Labute approximate surface area is 351 Å². The van der Waals surface area contributed by atoms with Crippen molar-refractivity contribution in [1.29, 1.82) is 0 Å². The van der Waals surface area contributed by atoms with E-state index in [1.807, 2.05) is 0 Å². The fourth-order valence-corrected chi connectivity index (χ4v) is 11.9. The van der Waals surface area contributed by atoms with Gasteiger partial charge in [0.1, 0.15) is 0 Å². The van der Waals surface area contributed by atoms with Gasteiger partial charge in [-0.25, -0.2) is 0 Å². The molecular formula is C54H57BN2S. The third-order valence-electron chi connectivity index (χ3n) is 14.0. The van der Waals surface area contributed by atoms with Crippen molar-refractivity contribution in [3.63, 3.8) is 0 Å². The van der Waals surface area contributed by atoms with Gasteiger partial charge in [0.15, 0.2) is 0 Å². The van der Waals surface area contributed by atoms with E-state index in [0.717, 1.165) is 6.42 Å². The Morgan fingerprint density at radius 2 is 1.31 bits per heavy atom. The largest absolute Gasteiger partial charge is 0.334 e. The number of nitrogens with zero attached hydrogens (tertiary/aromatic N) is 2. The molecule has 0 N–H and O–H groups in total. The minimum Gasteiger partial charge on any atom is -0.334 e. The highest BCUT2D eigenvalue weighted by atomic mass is 32.1. The second-order valence-electron chi connectivity index (χ2n) is 20.8. The summed E-state index contributed by atoms with van der Waals surface area (Å²) in [5.41, 5.74) is 18.2. The maximum Gasteiger partial charge on any atom is 0.259 e. The van der Waals surface area contributed by atoms with Gasteiger partial charge in [-0.1, -0.05) is 148 Å². The molecule has 4 heteroatoms. The van der Waals surface area contributed by atoms with Crippen LogP contribution in [0.4, 0.5) is 22.7 Å². The zero-order chi connectivity index (χ0) is 40.5. The first-order chi connectivity index (χ1) is 27.5. The van der Waals surface area contributed by atoms with Crippen LogP contribution >= 0.6 is 11.3 Å². The minimum absolute atomic E-state index is 0.0110. The molecule has 6 aromatic rings. The fourth-order valence-electron chi connectivity index (χ4n) is 10.5. The zero-order valence-electron chi connectivity index (χ0n) is 36.1. The van der Waals surface area contributed by atoms with E-state index in [1.165, 1.54) is 100 Å². The van der Waals surface area contributed by atoms with E-state index in [0.29, 0.717) is 0 Å². The number of allylic oxidation sites excluding steroid dienone is 1. The maximum absolute atomic E-state index is 2.77. The smallest absolute Gasteiger partial charge is 0.259 e. The van der Waals surface area contributed by atoms with E-state index in [4.69, 9.17) is 0 Å². The molecule has 0 amide bonds. The summed E-state index contributed by atoms with van der Waals surface area (Å²) < 4.78 is 2.90. The molecule has 0 bridgehead atoms. The van der Waals surface area contributed by atoms with Crippen molar-refractivity contribution in [3.8, 4) is 11.1 Å². The Bertz CT molecular complexity index is 2680.